The van der Waals surface area contributed by atoms with Crippen LogP contribution in [0, 0.1) is 0 Å². The number of benzene rings is 4. The quantitative estimate of drug-likeness (QED) is 0.153. The average Bonchev–Trinajstić information content (AvgIpc) is 3.20. The van der Waals surface area contributed by atoms with E-state index >= 15 is 0 Å². The first-order valence-corrected chi connectivity index (χ1v) is 23.8. The van der Waals surface area contributed by atoms with E-state index in [2.05, 4.69) is 97.1 Å². The molecule has 0 saturated heterocycles. The molecular weight excluding hydrogens is 638 g/mol. The largest absolute Gasteiger partial charge is 0.0683 e. The van der Waals surface area contributed by atoms with E-state index in [1.165, 1.54) is 151 Å². The van der Waals surface area contributed by atoms with E-state index in [1.807, 2.05) is 0 Å². The fourth-order valence-electron chi connectivity index (χ4n) is 10.6. The Balaban J connectivity index is 1.42. The summed E-state index contributed by atoms with van der Waals surface area (Å²) in [5.74, 6) is 0. The summed E-state index contributed by atoms with van der Waals surface area (Å²) in [6.45, 7) is 0. The van der Waals surface area contributed by atoms with Crippen LogP contribution in [0.1, 0.15) is 128 Å². The first-order valence-electron chi connectivity index (χ1n) is 20.8. The van der Waals surface area contributed by atoms with Crippen molar-refractivity contribution in [2.45, 2.75) is 151 Å². The molecule has 8 rings (SSSR count). The second-order valence-corrected chi connectivity index (χ2v) is 21.6. The van der Waals surface area contributed by atoms with Crippen LogP contribution in [0.5, 0.6) is 0 Å². The van der Waals surface area contributed by atoms with Gasteiger partial charge in [-0.2, -0.15) is 0 Å². The molecule has 0 bridgehead atoms. The van der Waals surface area contributed by atoms with Gasteiger partial charge in [-0.25, -0.2) is 0 Å². The molecule has 0 atom stereocenters. The van der Waals surface area contributed by atoms with Crippen LogP contribution in [0.25, 0.3) is 33.4 Å². The highest BCUT2D eigenvalue weighted by Gasteiger charge is 2.38. The van der Waals surface area contributed by atoms with Gasteiger partial charge in [0.25, 0.3) is 0 Å². The molecule has 0 radical (unpaired) electrons. The first kappa shape index (κ1) is 34.8. The molecule has 0 N–H and O–H groups in total. The molecule has 0 nitrogen and oxygen atoms in total. The molecule has 0 unspecified atom stereocenters. The van der Waals surface area contributed by atoms with Crippen LogP contribution in [-0.4, -0.2) is 22.6 Å². The van der Waals surface area contributed by atoms with Gasteiger partial charge in [0, 0.05) is 0 Å². The van der Waals surface area contributed by atoms with E-state index in [0.29, 0.717) is 0 Å². The lowest BCUT2D eigenvalue weighted by molar-refractivity contribution is 0.487. The summed E-state index contributed by atoms with van der Waals surface area (Å²) < 4.78 is 0. The van der Waals surface area contributed by atoms with Gasteiger partial charge >= 0.3 is 0 Å². The maximum atomic E-state index is 2.67. The minimum Gasteiger partial charge on any atom is -0.0683 e. The second-order valence-electron chi connectivity index (χ2n) is 16.1. The molecule has 4 aliphatic carbocycles. The van der Waals surface area contributed by atoms with Crippen molar-refractivity contribution >= 4 is 26.5 Å². The van der Waals surface area contributed by atoms with E-state index in [1.54, 1.807) is 21.7 Å². The Bertz CT molecular complexity index is 1480. The van der Waals surface area contributed by atoms with Crippen LogP contribution in [0.3, 0.4) is 0 Å². The first-order chi connectivity index (χ1) is 24.9. The molecule has 262 valence electrons. The Hall–Kier alpha value is -2.26. The summed E-state index contributed by atoms with van der Waals surface area (Å²) in [5, 5.41) is 3.54. The van der Waals surface area contributed by atoms with Crippen LogP contribution < -0.4 is 10.6 Å². The van der Waals surface area contributed by atoms with E-state index in [-0.39, 0.29) is 15.8 Å². The lowest BCUT2D eigenvalue weighted by Gasteiger charge is -2.42. The summed E-state index contributed by atoms with van der Waals surface area (Å²) >= 11 is 0. The number of hydrogen-bond donors (Lipinski definition) is 0. The molecule has 0 aromatic heterocycles. The summed E-state index contributed by atoms with van der Waals surface area (Å²) in [6.07, 6.45) is 28.8. The molecule has 2 heteroatoms. The van der Waals surface area contributed by atoms with E-state index < -0.39 is 0 Å². The van der Waals surface area contributed by atoms with Crippen LogP contribution in [-0.2, 0) is 0 Å². The predicted octanol–water partition coefficient (Wildman–Crippen LogP) is 14.2. The average molecular weight is 699 g/mol. The van der Waals surface area contributed by atoms with Gasteiger partial charge in [0.05, 0.1) is 0 Å². The highest BCUT2D eigenvalue weighted by molar-refractivity contribution is 7.68. The molecule has 50 heavy (non-hydrogen) atoms. The van der Waals surface area contributed by atoms with Crippen LogP contribution in [0.2, 0.25) is 0 Å². The lowest BCUT2D eigenvalue weighted by Crippen LogP contribution is -2.30. The Morgan fingerprint density at radius 3 is 0.900 bits per heavy atom. The molecule has 4 aromatic carbocycles. The van der Waals surface area contributed by atoms with E-state index in [0.717, 1.165) is 22.6 Å². The minimum atomic E-state index is -0.278. The molecule has 4 aromatic rings. The topological polar surface area (TPSA) is 0 Å². The monoisotopic (exact) mass is 698 g/mol. The maximum Gasteiger partial charge on any atom is -0.00155 e. The predicted molar refractivity (Wildman–Crippen MR) is 223 cm³/mol. The van der Waals surface area contributed by atoms with Crippen LogP contribution in [0.15, 0.2) is 97.1 Å². The molecule has 4 fully saturated rings. The van der Waals surface area contributed by atoms with E-state index in [9.17, 15) is 0 Å². The summed E-state index contributed by atoms with van der Waals surface area (Å²) in [7, 11) is -0.556. The van der Waals surface area contributed by atoms with Crippen molar-refractivity contribution in [2.75, 3.05) is 0 Å². The van der Waals surface area contributed by atoms with Crippen LogP contribution >= 0.6 is 15.8 Å². The van der Waals surface area contributed by atoms with Crippen LogP contribution in [0.4, 0.5) is 0 Å². The fourth-order valence-corrected chi connectivity index (χ4v) is 18.5. The van der Waals surface area contributed by atoms with E-state index in [4.69, 9.17) is 0 Å². The summed E-state index contributed by atoms with van der Waals surface area (Å²) in [4.78, 5) is 0. The number of rotatable bonds is 9. The van der Waals surface area contributed by atoms with Crippen molar-refractivity contribution in [1.82, 2.24) is 0 Å². The minimum absolute atomic E-state index is 0.278. The molecule has 0 aliphatic heterocycles. The van der Waals surface area contributed by atoms with Gasteiger partial charge in [-0.15, -0.1) is 0 Å². The second kappa shape index (κ2) is 17.0. The highest BCUT2D eigenvalue weighted by Crippen LogP contribution is 2.60. The van der Waals surface area contributed by atoms with Crippen molar-refractivity contribution in [2.24, 2.45) is 0 Å². The van der Waals surface area contributed by atoms with Crippen molar-refractivity contribution in [3.8, 4) is 33.4 Å². The van der Waals surface area contributed by atoms with Crippen molar-refractivity contribution < 1.29 is 0 Å². The van der Waals surface area contributed by atoms with Gasteiger partial charge in [-0.3, -0.25) is 0 Å². The van der Waals surface area contributed by atoms with Gasteiger partial charge in [0.1, 0.15) is 0 Å². The standard InChI is InChI=1S/C48H60P2/c1-7-21-37(22-8-1)43-33-19-35-45(49(39-25-11-3-12-26-39)40-27-13-4-14-28-40)47(43)48-44(38-23-9-2-10-24-38)34-20-36-46(48)50(41-29-15-5-16-30-41)42-31-17-6-18-32-42/h1-2,7-10,19-24,33-36,39-42H,3-6,11-18,25-32H2. The van der Waals surface area contributed by atoms with Gasteiger partial charge in [0.15, 0.2) is 0 Å². The molecule has 4 saturated carbocycles. The molecule has 0 spiro atoms. The SMILES string of the molecule is c1ccc(-c2cccc(P(C3CCCCC3)C3CCCCC3)c2-c2c(-c3ccccc3)cccc2P(C2CCCCC2)C2CCCCC2)cc1. The molecular formula is C48H60P2. The highest BCUT2D eigenvalue weighted by atomic mass is 31.1. The summed E-state index contributed by atoms with van der Waals surface area (Å²) in [6, 6.07) is 38.4. The smallest absolute Gasteiger partial charge is 0.00155 e. The zero-order valence-corrected chi connectivity index (χ0v) is 32.4. The zero-order chi connectivity index (χ0) is 33.5. The fraction of sp³-hybridized carbons (Fsp3) is 0.500. The molecule has 4 aliphatic rings. The van der Waals surface area contributed by atoms with Crippen molar-refractivity contribution in [3.05, 3.63) is 97.1 Å². The third kappa shape index (κ3) is 7.60. The van der Waals surface area contributed by atoms with Gasteiger partial charge < -0.3 is 0 Å². The zero-order valence-electron chi connectivity index (χ0n) is 30.6. The lowest BCUT2D eigenvalue weighted by atomic mass is 9.89. The summed E-state index contributed by atoms with van der Waals surface area (Å²) in [5.41, 5.74) is 12.6. The van der Waals surface area contributed by atoms with Gasteiger partial charge in [0.2, 0.25) is 0 Å². The Kier molecular flexibility index (Phi) is 11.9. The Labute approximate surface area is 306 Å². The molecule has 0 amide bonds. The normalized spacial score (nSPS) is 20.4. The van der Waals surface area contributed by atoms with Gasteiger partial charge in [-0.05, 0) is 118 Å². The maximum absolute atomic E-state index is 2.67. The van der Waals surface area contributed by atoms with Crippen molar-refractivity contribution in [1.29, 1.82) is 0 Å². The Morgan fingerprint density at radius 2 is 0.600 bits per heavy atom. The Morgan fingerprint density at radius 1 is 0.300 bits per heavy atom. The van der Waals surface area contributed by atoms with Crippen molar-refractivity contribution in [3.63, 3.8) is 0 Å². The third-order valence-electron chi connectivity index (χ3n) is 12.9. The molecule has 0 heterocycles. The third-order valence-corrected chi connectivity index (χ3v) is 20.0. The number of hydrogen-bond acceptors (Lipinski definition) is 0. The van der Waals surface area contributed by atoms with Gasteiger partial charge in [-0.1, -0.05) is 190 Å².